The van der Waals surface area contributed by atoms with E-state index in [0.717, 1.165) is 15.7 Å². The van der Waals surface area contributed by atoms with Gasteiger partial charge in [0.25, 0.3) is 5.91 Å². The molecule has 0 aliphatic rings. The molecule has 0 saturated heterocycles. The molecule has 0 atom stereocenters. The van der Waals surface area contributed by atoms with Gasteiger partial charge in [0.1, 0.15) is 17.3 Å². The van der Waals surface area contributed by atoms with Gasteiger partial charge >= 0.3 is 0 Å². The number of nitrogens with zero attached hydrogens (tertiary/aromatic N) is 2. The summed E-state index contributed by atoms with van der Waals surface area (Å²) in [6, 6.07) is 7.64. The molecule has 6 heteroatoms. The van der Waals surface area contributed by atoms with E-state index in [-0.39, 0.29) is 11.4 Å². The van der Waals surface area contributed by atoms with Gasteiger partial charge in [0.05, 0.1) is 5.69 Å². The van der Waals surface area contributed by atoms with E-state index in [1.165, 1.54) is 0 Å². The minimum atomic E-state index is -0.316. The number of carbonyl (C=O) groups is 1. The fourth-order valence-electron chi connectivity index (χ4n) is 2.01. The molecule has 2 rings (SSSR count). The highest BCUT2D eigenvalue weighted by atomic mass is 79.9. The van der Waals surface area contributed by atoms with Crippen LogP contribution in [0.15, 0.2) is 28.7 Å². The normalized spacial score (nSPS) is 11.2. The first-order valence-electron chi connectivity index (χ1n) is 7.35. The first kappa shape index (κ1) is 17.4. The maximum absolute atomic E-state index is 12.3. The maximum atomic E-state index is 12.3. The first-order valence-corrected chi connectivity index (χ1v) is 8.15. The van der Waals surface area contributed by atoms with Crippen molar-refractivity contribution in [3.05, 3.63) is 45.8 Å². The third-order valence-corrected chi connectivity index (χ3v) is 3.60. The molecule has 2 aromatic rings. The molecule has 0 aliphatic heterocycles. The third kappa shape index (κ3) is 5.03. The van der Waals surface area contributed by atoms with Crippen molar-refractivity contribution in [1.82, 2.24) is 15.3 Å². The Morgan fingerprint density at radius 3 is 2.43 bits per heavy atom. The summed E-state index contributed by atoms with van der Waals surface area (Å²) in [7, 11) is 0. The Balaban J connectivity index is 2.28. The minimum absolute atomic E-state index is 0.214. The number of aromatic nitrogens is 2. The van der Waals surface area contributed by atoms with E-state index in [1.807, 2.05) is 45.9 Å². The van der Waals surface area contributed by atoms with Gasteiger partial charge in [0, 0.05) is 16.1 Å². The highest BCUT2D eigenvalue weighted by Crippen LogP contribution is 2.26. The Kier molecular flexibility index (Phi) is 5.04. The lowest BCUT2D eigenvalue weighted by atomic mass is 10.1. The summed E-state index contributed by atoms with van der Waals surface area (Å²) in [6.07, 6.45) is 0. The Labute approximate surface area is 145 Å². The van der Waals surface area contributed by atoms with Crippen molar-refractivity contribution in [1.29, 1.82) is 0 Å². The Bertz CT molecular complexity index is 738. The Hall–Kier alpha value is -1.95. The second kappa shape index (κ2) is 6.66. The molecule has 1 aromatic heterocycles. The van der Waals surface area contributed by atoms with Crippen molar-refractivity contribution in [2.24, 2.45) is 0 Å². The molecular formula is C17H21BrN4O. The predicted molar refractivity (Wildman–Crippen MR) is 96.1 cm³/mol. The summed E-state index contributed by atoms with van der Waals surface area (Å²) >= 11 is 3.53. The molecule has 0 aliphatic carbocycles. The highest BCUT2D eigenvalue weighted by Gasteiger charge is 2.17. The van der Waals surface area contributed by atoms with Gasteiger partial charge in [0.2, 0.25) is 0 Å². The molecule has 23 heavy (non-hydrogen) atoms. The van der Waals surface area contributed by atoms with Gasteiger partial charge in [-0.25, -0.2) is 9.97 Å². The van der Waals surface area contributed by atoms with Crippen LogP contribution in [0.5, 0.6) is 0 Å². The van der Waals surface area contributed by atoms with E-state index < -0.39 is 0 Å². The van der Waals surface area contributed by atoms with E-state index >= 15 is 0 Å². The molecule has 1 heterocycles. The number of hydrogen-bond donors (Lipinski definition) is 2. The number of aryl methyl sites for hydroxylation is 2. The molecule has 0 unspecified atom stereocenters. The average molecular weight is 377 g/mol. The zero-order valence-electron chi connectivity index (χ0n) is 14.0. The minimum Gasteiger partial charge on any atom is -0.346 e. The van der Waals surface area contributed by atoms with Crippen LogP contribution >= 0.6 is 15.9 Å². The standard InChI is InChI=1S/C17H21BrN4O/c1-10-6-7-13(12(18)8-10)21-15-9-14(19-11(2)20-15)16(23)22-17(3,4)5/h6-9H,1-5H3,(H,22,23)(H,19,20,21). The molecule has 5 nitrogen and oxygen atoms in total. The van der Waals surface area contributed by atoms with Crippen molar-refractivity contribution < 1.29 is 4.79 Å². The molecule has 122 valence electrons. The molecule has 0 saturated carbocycles. The number of anilines is 2. The lowest BCUT2D eigenvalue weighted by Crippen LogP contribution is -2.41. The number of benzene rings is 1. The van der Waals surface area contributed by atoms with Gasteiger partial charge in [0.15, 0.2) is 0 Å². The van der Waals surface area contributed by atoms with Crippen molar-refractivity contribution in [2.45, 2.75) is 40.2 Å². The molecule has 1 aromatic carbocycles. The predicted octanol–water partition coefficient (Wildman–Crippen LogP) is 4.13. The van der Waals surface area contributed by atoms with Crippen LogP contribution < -0.4 is 10.6 Å². The van der Waals surface area contributed by atoms with Crippen molar-refractivity contribution in [3.63, 3.8) is 0 Å². The van der Waals surface area contributed by atoms with Crippen LogP contribution in [0.2, 0.25) is 0 Å². The molecule has 0 fully saturated rings. The lowest BCUT2D eigenvalue weighted by Gasteiger charge is -2.20. The fraction of sp³-hybridized carbons (Fsp3) is 0.353. The fourth-order valence-corrected chi connectivity index (χ4v) is 2.60. The summed E-state index contributed by atoms with van der Waals surface area (Å²) in [6.45, 7) is 9.59. The van der Waals surface area contributed by atoms with E-state index in [1.54, 1.807) is 13.0 Å². The number of rotatable bonds is 3. The smallest absolute Gasteiger partial charge is 0.270 e. The SMILES string of the molecule is Cc1ccc(Nc2cc(C(=O)NC(C)(C)C)nc(C)n2)c(Br)c1. The van der Waals surface area contributed by atoms with Gasteiger partial charge in [-0.3, -0.25) is 4.79 Å². The van der Waals surface area contributed by atoms with Crippen molar-refractivity contribution in [3.8, 4) is 0 Å². The van der Waals surface area contributed by atoms with E-state index in [9.17, 15) is 4.79 Å². The number of halogens is 1. The van der Waals surface area contributed by atoms with Crippen molar-refractivity contribution >= 4 is 33.3 Å². The van der Waals surface area contributed by atoms with Gasteiger partial charge in [-0.05, 0) is 68.2 Å². The van der Waals surface area contributed by atoms with Gasteiger partial charge in [-0.15, -0.1) is 0 Å². The summed E-state index contributed by atoms with van der Waals surface area (Å²) in [5.74, 6) is 0.910. The maximum Gasteiger partial charge on any atom is 0.270 e. The Morgan fingerprint density at radius 2 is 1.83 bits per heavy atom. The summed E-state index contributed by atoms with van der Waals surface area (Å²) < 4.78 is 0.939. The van der Waals surface area contributed by atoms with Crippen LogP contribution in [0.3, 0.4) is 0 Å². The molecule has 0 spiro atoms. The summed E-state index contributed by atoms with van der Waals surface area (Å²) in [5, 5.41) is 6.13. The lowest BCUT2D eigenvalue weighted by molar-refractivity contribution is 0.0914. The second-order valence-electron chi connectivity index (χ2n) is 6.50. The summed E-state index contributed by atoms with van der Waals surface area (Å²) in [4.78, 5) is 20.9. The van der Waals surface area contributed by atoms with Crippen LogP contribution in [-0.4, -0.2) is 21.4 Å². The van der Waals surface area contributed by atoms with E-state index in [4.69, 9.17) is 0 Å². The average Bonchev–Trinajstić information content (AvgIpc) is 2.39. The van der Waals surface area contributed by atoms with Crippen LogP contribution in [0.25, 0.3) is 0 Å². The quantitative estimate of drug-likeness (QED) is 0.844. The van der Waals surface area contributed by atoms with Gasteiger partial charge < -0.3 is 10.6 Å². The zero-order chi connectivity index (χ0) is 17.2. The van der Waals surface area contributed by atoms with Crippen LogP contribution in [0.1, 0.15) is 42.6 Å². The molecule has 0 bridgehead atoms. The van der Waals surface area contributed by atoms with E-state index in [2.05, 4.69) is 36.5 Å². The van der Waals surface area contributed by atoms with Crippen molar-refractivity contribution in [2.75, 3.05) is 5.32 Å². The Morgan fingerprint density at radius 1 is 1.13 bits per heavy atom. The topological polar surface area (TPSA) is 66.9 Å². The number of carbonyl (C=O) groups excluding carboxylic acids is 1. The molecule has 1 amide bonds. The summed E-state index contributed by atoms with van der Waals surface area (Å²) in [5.41, 5.74) is 2.07. The zero-order valence-corrected chi connectivity index (χ0v) is 15.6. The third-order valence-electron chi connectivity index (χ3n) is 2.95. The first-order chi connectivity index (χ1) is 10.6. The molecule has 2 N–H and O–H groups in total. The highest BCUT2D eigenvalue weighted by molar-refractivity contribution is 9.10. The number of hydrogen-bond acceptors (Lipinski definition) is 4. The van der Waals surface area contributed by atoms with E-state index in [0.29, 0.717) is 17.3 Å². The molecular weight excluding hydrogens is 356 g/mol. The van der Waals surface area contributed by atoms with Crippen LogP contribution in [0.4, 0.5) is 11.5 Å². The van der Waals surface area contributed by atoms with Gasteiger partial charge in [-0.1, -0.05) is 6.07 Å². The van der Waals surface area contributed by atoms with Crippen LogP contribution in [0, 0.1) is 13.8 Å². The molecule has 0 radical (unpaired) electrons. The number of amides is 1. The largest absolute Gasteiger partial charge is 0.346 e. The monoisotopic (exact) mass is 376 g/mol. The second-order valence-corrected chi connectivity index (χ2v) is 7.35. The number of nitrogens with one attached hydrogen (secondary N) is 2. The van der Waals surface area contributed by atoms with Crippen LogP contribution in [-0.2, 0) is 0 Å². The van der Waals surface area contributed by atoms with Gasteiger partial charge in [-0.2, -0.15) is 0 Å².